The van der Waals surface area contributed by atoms with Crippen molar-refractivity contribution in [2.45, 2.75) is 11.4 Å². The quantitative estimate of drug-likeness (QED) is 0.762. The number of sulfonamides is 1. The molecule has 0 saturated heterocycles. The molecular weight excluding hydrogens is 338 g/mol. The topological polar surface area (TPSA) is 89.8 Å². The number of nitrogens with zero attached hydrogens (tertiary/aromatic N) is 4. The van der Waals surface area contributed by atoms with Gasteiger partial charge in [0.15, 0.2) is 0 Å². The Morgan fingerprint density at radius 1 is 1.22 bits per heavy atom. The van der Waals surface area contributed by atoms with Crippen molar-refractivity contribution in [1.29, 1.82) is 0 Å². The molecule has 23 heavy (non-hydrogen) atoms. The summed E-state index contributed by atoms with van der Waals surface area (Å²) in [7, 11) is -3.78. The van der Waals surface area contributed by atoms with Gasteiger partial charge in [-0.2, -0.15) is 4.98 Å². The summed E-state index contributed by atoms with van der Waals surface area (Å²) < 4.78 is 28.3. The minimum atomic E-state index is -3.78. The highest BCUT2D eigenvalue weighted by Crippen LogP contribution is 2.17. The van der Waals surface area contributed by atoms with Gasteiger partial charge in [0.2, 0.25) is 0 Å². The molecule has 1 N–H and O–H groups in total. The van der Waals surface area contributed by atoms with Gasteiger partial charge < -0.3 is 0 Å². The minimum Gasteiger partial charge on any atom is -0.264 e. The lowest BCUT2D eigenvalue weighted by Crippen LogP contribution is -2.14. The second-order valence-corrected chi connectivity index (χ2v) is 6.81. The molecule has 0 radical (unpaired) electrons. The van der Waals surface area contributed by atoms with Crippen molar-refractivity contribution in [3.63, 3.8) is 0 Å². The van der Waals surface area contributed by atoms with Gasteiger partial charge in [-0.15, -0.1) is 5.10 Å². The second kappa shape index (κ2) is 6.35. The third kappa shape index (κ3) is 3.85. The lowest BCUT2D eigenvalue weighted by atomic mass is 10.3. The van der Waals surface area contributed by atoms with Crippen LogP contribution in [0.15, 0.2) is 60.0 Å². The molecule has 7 nitrogen and oxygen atoms in total. The molecule has 0 aliphatic rings. The first-order valence-electron chi connectivity index (χ1n) is 6.60. The highest BCUT2D eigenvalue weighted by molar-refractivity contribution is 7.92. The molecule has 9 heteroatoms. The number of hydrogen-bond acceptors (Lipinski definition) is 5. The van der Waals surface area contributed by atoms with Crippen LogP contribution in [-0.4, -0.2) is 28.2 Å². The Bertz CT molecular complexity index is 912. The van der Waals surface area contributed by atoms with E-state index in [9.17, 15) is 8.42 Å². The van der Waals surface area contributed by atoms with Crippen molar-refractivity contribution >= 4 is 27.6 Å². The molecule has 0 fully saturated rings. The SMILES string of the molecule is O=S(=O)(Nc1ncn(Cc2cccnc2)n1)c1cccc(Cl)c1. The van der Waals surface area contributed by atoms with Crippen LogP contribution in [0.25, 0.3) is 0 Å². The maximum Gasteiger partial charge on any atom is 0.264 e. The lowest BCUT2D eigenvalue weighted by molar-refractivity contribution is 0.600. The number of rotatable bonds is 5. The Balaban J connectivity index is 1.76. The molecular formula is C14H12ClN5O2S. The average molecular weight is 350 g/mol. The van der Waals surface area contributed by atoms with Crippen molar-refractivity contribution in [3.05, 3.63) is 65.7 Å². The summed E-state index contributed by atoms with van der Waals surface area (Å²) in [6.45, 7) is 0.444. The molecule has 2 heterocycles. The summed E-state index contributed by atoms with van der Waals surface area (Å²) in [5, 5.41) is 4.43. The smallest absolute Gasteiger partial charge is 0.264 e. The van der Waals surface area contributed by atoms with Gasteiger partial charge in [0.1, 0.15) is 6.33 Å². The number of aromatic nitrogens is 4. The van der Waals surface area contributed by atoms with Gasteiger partial charge in [-0.05, 0) is 29.8 Å². The van der Waals surface area contributed by atoms with Crippen LogP contribution in [0, 0.1) is 0 Å². The van der Waals surface area contributed by atoms with E-state index >= 15 is 0 Å². The Morgan fingerprint density at radius 3 is 2.83 bits per heavy atom. The average Bonchev–Trinajstić information content (AvgIpc) is 2.94. The Morgan fingerprint density at radius 2 is 2.09 bits per heavy atom. The van der Waals surface area contributed by atoms with Crippen LogP contribution in [0.1, 0.15) is 5.56 Å². The van der Waals surface area contributed by atoms with Gasteiger partial charge in [-0.1, -0.05) is 23.7 Å². The van der Waals surface area contributed by atoms with E-state index in [-0.39, 0.29) is 10.8 Å². The van der Waals surface area contributed by atoms with Gasteiger partial charge in [-0.3, -0.25) is 4.98 Å². The number of benzene rings is 1. The molecule has 0 unspecified atom stereocenters. The monoisotopic (exact) mass is 349 g/mol. The summed E-state index contributed by atoms with van der Waals surface area (Å²) in [5.41, 5.74) is 0.932. The van der Waals surface area contributed by atoms with Crippen LogP contribution in [0.5, 0.6) is 0 Å². The molecule has 3 aromatic rings. The molecule has 0 amide bonds. The lowest BCUT2D eigenvalue weighted by Gasteiger charge is -2.04. The fraction of sp³-hybridized carbons (Fsp3) is 0.0714. The van der Waals surface area contributed by atoms with Crippen molar-refractivity contribution in [2.24, 2.45) is 0 Å². The fourth-order valence-electron chi connectivity index (χ4n) is 1.91. The summed E-state index contributed by atoms with van der Waals surface area (Å²) in [4.78, 5) is 8.01. The number of anilines is 1. The third-order valence-electron chi connectivity index (χ3n) is 2.94. The highest BCUT2D eigenvalue weighted by atomic mass is 35.5. The van der Waals surface area contributed by atoms with Gasteiger partial charge in [0.25, 0.3) is 16.0 Å². The largest absolute Gasteiger partial charge is 0.264 e. The van der Waals surface area contributed by atoms with Gasteiger partial charge in [-0.25, -0.2) is 17.8 Å². The standard InChI is InChI=1S/C14H12ClN5O2S/c15-12-4-1-5-13(7-12)23(21,22)19-14-17-10-20(18-14)9-11-3-2-6-16-8-11/h1-8,10H,9H2,(H,18,19). The minimum absolute atomic E-state index is 0.00568. The first-order chi connectivity index (χ1) is 11.0. The molecule has 118 valence electrons. The first kappa shape index (κ1) is 15.4. The van der Waals surface area contributed by atoms with Gasteiger partial charge in [0, 0.05) is 17.4 Å². The predicted molar refractivity (Wildman–Crippen MR) is 85.6 cm³/mol. The van der Waals surface area contributed by atoms with Crippen molar-refractivity contribution in [3.8, 4) is 0 Å². The zero-order chi connectivity index (χ0) is 16.3. The van der Waals surface area contributed by atoms with E-state index in [2.05, 4.69) is 19.8 Å². The Labute approximate surface area is 138 Å². The number of pyridine rings is 1. The molecule has 0 bridgehead atoms. The number of nitrogens with one attached hydrogen (secondary N) is 1. The summed E-state index contributed by atoms with van der Waals surface area (Å²) in [6, 6.07) is 9.67. The molecule has 0 aliphatic heterocycles. The Kier molecular flexibility index (Phi) is 4.26. The van der Waals surface area contributed by atoms with E-state index in [1.807, 2.05) is 12.1 Å². The highest BCUT2D eigenvalue weighted by Gasteiger charge is 2.16. The van der Waals surface area contributed by atoms with Crippen LogP contribution in [-0.2, 0) is 16.6 Å². The molecule has 0 atom stereocenters. The van der Waals surface area contributed by atoms with Gasteiger partial charge >= 0.3 is 0 Å². The Hall–Kier alpha value is -2.45. The number of halogens is 1. The van der Waals surface area contributed by atoms with Crippen LogP contribution in [0.2, 0.25) is 5.02 Å². The molecule has 3 rings (SSSR count). The summed E-state index contributed by atoms with van der Waals surface area (Å²) in [5.74, 6) is -0.00568. The summed E-state index contributed by atoms with van der Waals surface area (Å²) >= 11 is 5.81. The van der Waals surface area contributed by atoms with E-state index < -0.39 is 10.0 Å². The fourth-order valence-corrected chi connectivity index (χ4v) is 3.16. The van der Waals surface area contributed by atoms with Gasteiger partial charge in [0.05, 0.1) is 11.4 Å². The molecule has 0 aliphatic carbocycles. The normalized spacial score (nSPS) is 11.3. The molecule has 0 saturated carbocycles. The van der Waals surface area contributed by atoms with Crippen LogP contribution in [0.4, 0.5) is 5.95 Å². The molecule has 0 spiro atoms. The van der Waals surface area contributed by atoms with E-state index in [1.165, 1.54) is 23.1 Å². The third-order valence-corrected chi connectivity index (χ3v) is 4.50. The summed E-state index contributed by atoms with van der Waals surface area (Å²) in [6.07, 6.45) is 4.83. The van der Waals surface area contributed by atoms with E-state index in [0.29, 0.717) is 11.6 Å². The van der Waals surface area contributed by atoms with Crippen molar-refractivity contribution in [1.82, 2.24) is 19.7 Å². The molecule has 1 aromatic carbocycles. The first-order valence-corrected chi connectivity index (χ1v) is 8.46. The van der Waals surface area contributed by atoms with E-state index in [1.54, 1.807) is 24.5 Å². The van der Waals surface area contributed by atoms with Crippen LogP contribution < -0.4 is 4.72 Å². The van der Waals surface area contributed by atoms with Crippen molar-refractivity contribution < 1.29 is 8.42 Å². The van der Waals surface area contributed by atoms with Crippen LogP contribution in [0.3, 0.4) is 0 Å². The van der Waals surface area contributed by atoms with E-state index in [0.717, 1.165) is 5.56 Å². The number of hydrogen-bond donors (Lipinski definition) is 1. The maximum absolute atomic E-state index is 12.3. The van der Waals surface area contributed by atoms with Crippen molar-refractivity contribution in [2.75, 3.05) is 4.72 Å². The van der Waals surface area contributed by atoms with E-state index in [4.69, 9.17) is 11.6 Å². The zero-order valence-corrected chi connectivity index (χ0v) is 13.4. The molecule has 2 aromatic heterocycles. The van der Waals surface area contributed by atoms with Crippen LogP contribution >= 0.6 is 11.6 Å². The maximum atomic E-state index is 12.3. The zero-order valence-electron chi connectivity index (χ0n) is 11.8. The predicted octanol–water partition coefficient (Wildman–Crippen LogP) is 2.18. The second-order valence-electron chi connectivity index (χ2n) is 4.69.